The molecule has 0 heterocycles. The lowest BCUT2D eigenvalue weighted by atomic mass is 10.2. The van der Waals surface area contributed by atoms with Gasteiger partial charge in [-0.25, -0.2) is 26.3 Å². The van der Waals surface area contributed by atoms with E-state index in [4.69, 9.17) is 0 Å². The summed E-state index contributed by atoms with van der Waals surface area (Å²) in [4.78, 5) is 0. The van der Waals surface area contributed by atoms with Crippen molar-refractivity contribution in [3.63, 3.8) is 0 Å². The number of nitrogens with one attached hydrogen (secondary N) is 1. The van der Waals surface area contributed by atoms with Crippen LogP contribution in [-0.2, 0) is 6.54 Å². The highest BCUT2D eigenvalue weighted by Gasteiger charge is 2.20. The van der Waals surface area contributed by atoms with Crippen LogP contribution >= 0.6 is 15.9 Å². The van der Waals surface area contributed by atoms with Crippen LogP contribution in [0.5, 0.6) is 0 Å². The molecule has 0 spiro atoms. The minimum atomic E-state index is -1.68. The summed E-state index contributed by atoms with van der Waals surface area (Å²) >= 11 is 2.82. The van der Waals surface area contributed by atoms with Gasteiger partial charge in [0.2, 0.25) is 0 Å². The summed E-state index contributed by atoms with van der Waals surface area (Å²) < 4.78 is 79.8. The van der Waals surface area contributed by atoms with Crippen LogP contribution < -0.4 is 5.32 Å². The second-order valence-electron chi connectivity index (χ2n) is 4.02. The molecule has 2 rings (SSSR count). The zero-order chi connectivity index (χ0) is 15.7. The van der Waals surface area contributed by atoms with Crippen LogP contribution in [0, 0.1) is 34.9 Å². The van der Waals surface area contributed by atoms with E-state index in [0.29, 0.717) is 0 Å². The monoisotopic (exact) mass is 369 g/mol. The van der Waals surface area contributed by atoms with E-state index in [1.807, 2.05) is 5.32 Å². The molecular formula is C13H6BrF6N. The van der Waals surface area contributed by atoms with E-state index < -0.39 is 52.7 Å². The van der Waals surface area contributed by atoms with Crippen LogP contribution in [0.1, 0.15) is 5.56 Å². The van der Waals surface area contributed by atoms with Gasteiger partial charge in [-0.05, 0) is 28.1 Å². The molecule has 0 unspecified atom stereocenters. The molecule has 2 aromatic rings. The van der Waals surface area contributed by atoms with Crippen LogP contribution in [0.2, 0.25) is 0 Å². The second kappa shape index (κ2) is 5.97. The summed E-state index contributed by atoms with van der Waals surface area (Å²) in [6.07, 6.45) is 0. The summed E-state index contributed by atoms with van der Waals surface area (Å²) in [7, 11) is 0. The molecule has 8 heteroatoms. The molecular weight excluding hydrogens is 364 g/mol. The first-order valence-corrected chi connectivity index (χ1v) is 6.31. The Morgan fingerprint density at radius 2 is 1.38 bits per heavy atom. The molecule has 2 aromatic carbocycles. The molecule has 0 saturated heterocycles. The zero-order valence-electron chi connectivity index (χ0n) is 10.1. The van der Waals surface area contributed by atoms with Gasteiger partial charge in [-0.2, -0.15) is 0 Å². The predicted molar refractivity (Wildman–Crippen MR) is 67.7 cm³/mol. The van der Waals surface area contributed by atoms with Gasteiger partial charge < -0.3 is 5.32 Å². The minimum Gasteiger partial charge on any atom is -0.376 e. The largest absolute Gasteiger partial charge is 0.376 e. The molecule has 0 amide bonds. The van der Waals surface area contributed by atoms with Crippen molar-refractivity contribution in [1.29, 1.82) is 0 Å². The molecule has 0 saturated carbocycles. The first kappa shape index (κ1) is 15.7. The number of hydrogen-bond donors (Lipinski definition) is 1. The van der Waals surface area contributed by atoms with Gasteiger partial charge >= 0.3 is 0 Å². The lowest BCUT2D eigenvalue weighted by Gasteiger charge is -2.11. The van der Waals surface area contributed by atoms with E-state index >= 15 is 0 Å². The van der Waals surface area contributed by atoms with Crippen molar-refractivity contribution < 1.29 is 26.3 Å². The molecule has 0 aliphatic rings. The van der Waals surface area contributed by atoms with E-state index in [9.17, 15) is 26.3 Å². The average Bonchev–Trinajstić information content (AvgIpc) is 2.44. The minimum absolute atomic E-state index is 0.0378. The van der Waals surface area contributed by atoms with Crippen molar-refractivity contribution >= 4 is 21.6 Å². The van der Waals surface area contributed by atoms with Crippen molar-refractivity contribution in [2.75, 3.05) is 5.32 Å². The molecule has 1 N–H and O–H groups in total. The average molecular weight is 370 g/mol. The summed E-state index contributed by atoms with van der Waals surface area (Å²) in [6, 6.07) is 2.08. The van der Waals surface area contributed by atoms with Crippen LogP contribution in [0.4, 0.5) is 32.0 Å². The van der Waals surface area contributed by atoms with Crippen molar-refractivity contribution in [2.45, 2.75) is 6.54 Å². The number of hydrogen-bond acceptors (Lipinski definition) is 1. The van der Waals surface area contributed by atoms with Gasteiger partial charge in [0.1, 0.15) is 17.3 Å². The van der Waals surface area contributed by atoms with Crippen LogP contribution in [0.3, 0.4) is 0 Å². The fourth-order valence-electron chi connectivity index (χ4n) is 1.64. The third-order valence-corrected chi connectivity index (χ3v) is 3.31. The smallest absolute Gasteiger partial charge is 0.185 e. The van der Waals surface area contributed by atoms with Gasteiger partial charge in [0.25, 0.3) is 0 Å². The maximum absolute atomic E-state index is 13.7. The second-order valence-corrected chi connectivity index (χ2v) is 4.87. The normalized spacial score (nSPS) is 10.8. The quantitative estimate of drug-likeness (QED) is 0.599. The Morgan fingerprint density at radius 3 is 1.95 bits per heavy atom. The zero-order valence-corrected chi connectivity index (χ0v) is 11.7. The Hall–Kier alpha value is -1.70. The van der Waals surface area contributed by atoms with Crippen molar-refractivity contribution in [3.05, 3.63) is 63.1 Å². The summed E-state index contributed by atoms with van der Waals surface area (Å²) in [5.41, 5.74) is -1.67. The summed E-state index contributed by atoms with van der Waals surface area (Å²) in [6.45, 7) is -0.701. The predicted octanol–water partition coefficient (Wildman–Crippen LogP) is 4.90. The van der Waals surface area contributed by atoms with Gasteiger partial charge in [0.05, 0.1) is 4.47 Å². The van der Waals surface area contributed by atoms with E-state index in [-0.39, 0.29) is 10.5 Å². The molecule has 0 aliphatic carbocycles. The van der Waals surface area contributed by atoms with Gasteiger partial charge in [-0.3, -0.25) is 0 Å². The Morgan fingerprint density at radius 1 is 0.810 bits per heavy atom. The summed E-state index contributed by atoms with van der Waals surface area (Å²) in [5.74, 6) is -8.55. The number of benzene rings is 2. The Labute approximate surface area is 123 Å². The number of rotatable bonds is 3. The maximum atomic E-state index is 13.7. The highest BCUT2D eigenvalue weighted by Crippen LogP contribution is 2.26. The highest BCUT2D eigenvalue weighted by atomic mass is 79.9. The number of anilines is 1. The Kier molecular flexibility index (Phi) is 4.46. The lowest BCUT2D eigenvalue weighted by Crippen LogP contribution is -2.10. The molecule has 0 atom stereocenters. The third-order valence-electron chi connectivity index (χ3n) is 2.69. The van der Waals surface area contributed by atoms with Crippen molar-refractivity contribution in [1.82, 2.24) is 0 Å². The van der Waals surface area contributed by atoms with Crippen LogP contribution in [-0.4, -0.2) is 0 Å². The molecule has 0 bridgehead atoms. The topological polar surface area (TPSA) is 12.0 Å². The third kappa shape index (κ3) is 2.99. The van der Waals surface area contributed by atoms with E-state index in [1.165, 1.54) is 0 Å². The molecule has 0 aromatic heterocycles. The lowest BCUT2D eigenvalue weighted by molar-refractivity contribution is 0.457. The maximum Gasteiger partial charge on any atom is 0.185 e. The molecule has 0 radical (unpaired) electrons. The van der Waals surface area contributed by atoms with Gasteiger partial charge in [-0.1, -0.05) is 0 Å². The van der Waals surface area contributed by atoms with Crippen molar-refractivity contribution in [2.24, 2.45) is 0 Å². The van der Waals surface area contributed by atoms with Crippen molar-refractivity contribution in [3.8, 4) is 0 Å². The Balaban J connectivity index is 2.36. The fourth-order valence-corrected chi connectivity index (χ4v) is 2.01. The van der Waals surface area contributed by atoms with Crippen LogP contribution in [0.25, 0.3) is 0 Å². The fraction of sp³-hybridized carbons (Fsp3) is 0.0769. The van der Waals surface area contributed by atoms with E-state index in [1.54, 1.807) is 0 Å². The Bertz CT molecular complexity index is 678. The van der Waals surface area contributed by atoms with E-state index in [0.717, 1.165) is 12.1 Å². The van der Waals surface area contributed by atoms with Gasteiger partial charge in [-0.15, -0.1) is 0 Å². The highest BCUT2D eigenvalue weighted by molar-refractivity contribution is 9.10. The van der Waals surface area contributed by atoms with Crippen LogP contribution in [0.15, 0.2) is 22.7 Å². The first-order chi connectivity index (χ1) is 9.82. The molecule has 0 aliphatic heterocycles. The molecule has 0 fully saturated rings. The van der Waals surface area contributed by atoms with E-state index in [2.05, 4.69) is 15.9 Å². The molecule has 21 heavy (non-hydrogen) atoms. The van der Waals surface area contributed by atoms with Gasteiger partial charge in [0.15, 0.2) is 23.3 Å². The summed E-state index contributed by atoms with van der Waals surface area (Å²) in [5, 5.41) is 1.96. The molecule has 1 nitrogen and oxygen atoms in total. The van der Waals surface area contributed by atoms with Gasteiger partial charge in [0, 0.05) is 18.2 Å². The number of halogens is 7. The molecule has 112 valence electrons. The first-order valence-electron chi connectivity index (χ1n) is 5.52. The SMILES string of the molecule is Fc1cc(F)c(F)c(NCc2c(F)ccc(Br)c2F)c1F. The standard InChI is InChI=1S/C13H6BrF6N/c14-6-1-2-7(15)5(10(6)18)4-21-13-11(19)8(16)3-9(17)12(13)20/h1-3,21H,4H2.